The van der Waals surface area contributed by atoms with E-state index in [2.05, 4.69) is 23.0 Å². The van der Waals surface area contributed by atoms with E-state index in [1.165, 1.54) is 11.8 Å². The van der Waals surface area contributed by atoms with E-state index in [9.17, 15) is 4.79 Å². The second-order valence-corrected chi connectivity index (χ2v) is 5.71. The first-order valence-corrected chi connectivity index (χ1v) is 8.06. The van der Waals surface area contributed by atoms with Crippen LogP contribution in [0.4, 0.5) is 0 Å². The molecule has 6 heteroatoms. The molecule has 0 atom stereocenters. The van der Waals surface area contributed by atoms with E-state index in [1.54, 1.807) is 30.3 Å². The molecule has 1 N–H and O–H groups in total. The van der Waals surface area contributed by atoms with E-state index in [-0.39, 0.29) is 5.56 Å². The number of rotatable bonds is 7. The van der Waals surface area contributed by atoms with Crippen molar-refractivity contribution in [2.45, 2.75) is 24.9 Å². The Balaban J connectivity index is 1.83. The largest absolute Gasteiger partial charge is 0.493 e. The van der Waals surface area contributed by atoms with Gasteiger partial charge < -0.3 is 9.72 Å². The number of nitrogens with zero attached hydrogens (tertiary/aromatic N) is 2. The van der Waals surface area contributed by atoms with Crippen molar-refractivity contribution in [3.05, 3.63) is 51.9 Å². The lowest BCUT2D eigenvalue weighted by Crippen LogP contribution is -2.11. The van der Waals surface area contributed by atoms with Gasteiger partial charge in [-0.1, -0.05) is 25.1 Å². The van der Waals surface area contributed by atoms with Crippen molar-refractivity contribution in [1.29, 1.82) is 5.26 Å². The molecule has 1 heterocycles. The molecule has 0 aliphatic carbocycles. The molecule has 0 aliphatic heterocycles. The number of H-pyrrole nitrogens is 1. The molecule has 0 bridgehead atoms. The summed E-state index contributed by atoms with van der Waals surface area (Å²) in [6, 6.07) is 10.6. The average Bonchev–Trinajstić information content (AvgIpc) is 2.52. The summed E-state index contributed by atoms with van der Waals surface area (Å²) >= 11 is 1.46. The number of thioether (sulfide) groups is 1. The Labute approximate surface area is 133 Å². The Morgan fingerprint density at radius 2 is 2.14 bits per heavy atom. The van der Waals surface area contributed by atoms with Gasteiger partial charge in [0, 0.05) is 17.5 Å². The minimum absolute atomic E-state index is 0.117. The number of ether oxygens (including phenoxy) is 1. The fourth-order valence-corrected chi connectivity index (χ4v) is 2.57. The molecule has 0 saturated carbocycles. The first-order valence-electron chi connectivity index (χ1n) is 7.07. The Morgan fingerprint density at radius 3 is 2.82 bits per heavy atom. The Bertz CT molecular complexity index is 705. The zero-order chi connectivity index (χ0) is 15.8. The minimum atomic E-state index is -0.117. The average molecular weight is 315 g/mol. The second-order valence-electron chi connectivity index (χ2n) is 4.62. The van der Waals surface area contributed by atoms with Gasteiger partial charge in [0.15, 0.2) is 5.16 Å². The summed E-state index contributed by atoms with van der Waals surface area (Å²) in [5.41, 5.74) is 1.31. The predicted molar refractivity (Wildman–Crippen MR) is 86.2 cm³/mol. The molecule has 2 aromatic rings. The Morgan fingerprint density at radius 1 is 1.36 bits per heavy atom. The van der Waals surface area contributed by atoms with Crippen molar-refractivity contribution in [2.75, 3.05) is 12.4 Å². The first kappa shape index (κ1) is 16.1. The smallest absolute Gasteiger partial charge is 0.251 e. The van der Waals surface area contributed by atoms with Crippen LogP contribution < -0.4 is 10.3 Å². The quantitative estimate of drug-likeness (QED) is 0.483. The van der Waals surface area contributed by atoms with Crippen molar-refractivity contribution in [1.82, 2.24) is 9.97 Å². The van der Waals surface area contributed by atoms with Gasteiger partial charge >= 0.3 is 0 Å². The third-order valence-corrected chi connectivity index (χ3v) is 3.69. The highest BCUT2D eigenvalue weighted by Crippen LogP contribution is 2.14. The van der Waals surface area contributed by atoms with Gasteiger partial charge in [0.25, 0.3) is 5.56 Å². The molecule has 0 aliphatic rings. The van der Waals surface area contributed by atoms with Crippen molar-refractivity contribution < 1.29 is 4.74 Å². The van der Waals surface area contributed by atoms with Crippen LogP contribution in [0, 0.1) is 11.3 Å². The number of hydrogen-bond donors (Lipinski definition) is 1. The summed E-state index contributed by atoms with van der Waals surface area (Å²) in [6.45, 7) is 2.55. The Kier molecular flexibility index (Phi) is 6.04. The van der Waals surface area contributed by atoms with Crippen LogP contribution in [0.1, 0.15) is 24.6 Å². The number of aromatic amines is 1. The molecular formula is C16H17N3O2S. The fourth-order valence-electron chi connectivity index (χ4n) is 1.86. The molecule has 5 nitrogen and oxygen atoms in total. The highest BCUT2D eigenvalue weighted by molar-refractivity contribution is 7.99. The van der Waals surface area contributed by atoms with Gasteiger partial charge in [0.05, 0.1) is 18.2 Å². The van der Waals surface area contributed by atoms with Gasteiger partial charge in [0.2, 0.25) is 0 Å². The summed E-state index contributed by atoms with van der Waals surface area (Å²) in [4.78, 5) is 18.7. The molecule has 0 saturated heterocycles. The van der Waals surface area contributed by atoms with Crippen molar-refractivity contribution in [2.24, 2.45) is 0 Å². The van der Waals surface area contributed by atoms with Gasteiger partial charge in [0.1, 0.15) is 5.75 Å². The van der Waals surface area contributed by atoms with E-state index in [0.717, 1.165) is 24.3 Å². The van der Waals surface area contributed by atoms with Crippen LogP contribution in [0.3, 0.4) is 0 Å². The molecule has 0 amide bonds. The lowest BCUT2D eigenvalue weighted by atomic mass is 10.2. The maximum Gasteiger partial charge on any atom is 0.251 e. The zero-order valence-electron chi connectivity index (χ0n) is 12.3. The van der Waals surface area contributed by atoms with Crippen LogP contribution >= 0.6 is 11.8 Å². The summed E-state index contributed by atoms with van der Waals surface area (Å²) < 4.78 is 5.59. The molecular weight excluding hydrogens is 298 g/mol. The molecule has 1 aromatic carbocycles. The van der Waals surface area contributed by atoms with Crippen LogP contribution in [0.15, 0.2) is 40.3 Å². The van der Waals surface area contributed by atoms with E-state index in [4.69, 9.17) is 10.00 Å². The summed E-state index contributed by atoms with van der Waals surface area (Å²) in [6.07, 6.45) is 1.77. The third-order valence-electron chi connectivity index (χ3n) is 2.85. The second kappa shape index (κ2) is 8.25. The molecule has 0 fully saturated rings. The van der Waals surface area contributed by atoms with Crippen molar-refractivity contribution >= 4 is 11.8 Å². The van der Waals surface area contributed by atoms with Crippen LogP contribution in [0.25, 0.3) is 0 Å². The van der Waals surface area contributed by atoms with Gasteiger partial charge in [-0.3, -0.25) is 4.79 Å². The number of benzene rings is 1. The first-order chi connectivity index (χ1) is 10.7. The fraction of sp³-hybridized carbons (Fsp3) is 0.312. The molecule has 1 aromatic heterocycles. The predicted octanol–water partition coefficient (Wildman–Crippen LogP) is 2.77. The van der Waals surface area contributed by atoms with Crippen molar-refractivity contribution in [3.8, 4) is 11.8 Å². The molecule has 0 radical (unpaired) electrons. The number of aryl methyl sites for hydroxylation is 1. The number of nitriles is 1. The normalized spacial score (nSPS) is 10.2. The minimum Gasteiger partial charge on any atom is -0.493 e. The lowest BCUT2D eigenvalue weighted by Gasteiger charge is -2.06. The standard InChI is InChI=1S/C16H17N3O2S/c1-2-3-13-10-15(20)19-16(18-13)22-9-8-21-14-6-4-12(11-17)5-7-14/h4-7,10H,2-3,8-9H2,1H3,(H,18,19,20). The van der Waals surface area contributed by atoms with E-state index in [1.807, 2.05) is 0 Å². The van der Waals surface area contributed by atoms with Crippen LogP contribution in [0.5, 0.6) is 5.75 Å². The van der Waals surface area contributed by atoms with Gasteiger partial charge in [-0.2, -0.15) is 5.26 Å². The summed E-state index contributed by atoms with van der Waals surface area (Å²) in [7, 11) is 0. The molecule has 114 valence electrons. The maximum absolute atomic E-state index is 11.5. The molecule has 22 heavy (non-hydrogen) atoms. The lowest BCUT2D eigenvalue weighted by molar-refractivity contribution is 0.344. The van der Waals surface area contributed by atoms with Crippen LogP contribution in [-0.2, 0) is 6.42 Å². The van der Waals surface area contributed by atoms with E-state index in [0.29, 0.717) is 23.1 Å². The van der Waals surface area contributed by atoms with Gasteiger partial charge in [-0.25, -0.2) is 4.98 Å². The number of nitrogens with one attached hydrogen (secondary N) is 1. The topological polar surface area (TPSA) is 78.8 Å². The monoisotopic (exact) mass is 315 g/mol. The van der Waals surface area contributed by atoms with E-state index < -0.39 is 0 Å². The molecule has 2 rings (SSSR count). The number of aromatic nitrogens is 2. The third kappa shape index (κ3) is 4.93. The molecule has 0 spiro atoms. The highest BCUT2D eigenvalue weighted by atomic mass is 32.2. The van der Waals surface area contributed by atoms with Crippen molar-refractivity contribution in [3.63, 3.8) is 0 Å². The Hall–Kier alpha value is -2.26. The summed E-state index contributed by atoms with van der Waals surface area (Å²) in [5.74, 6) is 1.40. The van der Waals surface area contributed by atoms with Crippen LogP contribution in [-0.4, -0.2) is 22.3 Å². The van der Waals surface area contributed by atoms with Crippen LogP contribution in [0.2, 0.25) is 0 Å². The van der Waals surface area contributed by atoms with E-state index >= 15 is 0 Å². The van der Waals surface area contributed by atoms with Gasteiger partial charge in [-0.15, -0.1) is 0 Å². The number of hydrogen-bond acceptors (Lipinski definition) is 5. The molecule has 0 unspecified atom stereocenters. The van der Waals surface area contributed by atoms with Gasteiger partial charge in [-0.05, 0) is 30.7 Å². The SMILES string of the molecule is CCCc1cc(=O)[nH]c(SCCOc2ccc(C#N)cc2)n1. The highest BCUT2D eigenvalue weighted by Gasteiger charge is 2.02. The summed E-state index contributed by atoms with van der Waals surface area (Å²) in [5, 5.41) is 9.35. The maximum atomic E-state index is 11.5. The zero-order valence-corrected chi connectivity index (χ0v) is 13.2.